The van der Waals surface area contributed by atoms with Crippen molar-refractivity contribution in [3.8, 4) is 0 Å². The van der Waals surface area contributed by atoms with Crippen molar-refractivity contribution in [1.82, 2.24) is 10.3 Å². The van der Waals surface area contributed by atoms with E-state index in [1.54, 1.807) is 0 Å². The Hall–Kier alpha value is -1.38. The third kappa shape index (κ3) is 2.10. The summed E-state index contributed by atoms with van der Waals surface area (Å²) >= 11 is 0. The molecule has 2 rings (SSSR count). The topological polar surface area (TPSA) is 37.3 Å². The van der Waals surface area contributed by atoms with Gasteiger partial charge in [0.1, 0.15) is 0 Å². The Morgan fingerprint density at radius 1 is 1.50 bits per heavy atom. The van der Waals surface area contributed by atoms with Crippen molar-refractivity contribution in [1.29, 1.82) is 0 Å². The highest BCUT2D eigenvalue weighted by Crippen LogP contribution is 2.06. The van der Waals surface area contributed by atoms with Crippen LogP contribution in [0.2, 0.25) is 0 Å². The van der Waals surface area contributed by atoms with E-state index in [0.717, 1.165) is 25.3 Å². The van der Waals surface area contributed by atoms with E-state index in [0.29, 0.717) is 0 Å². The predicted octanol–water partition coefficient (Wildman–Crippen LogP) is 1.67. The highest BCUT2D eigenvalue weighted by atomic mass is 15.0. The molecule has 0 aromatic carbocycles. The number of aliphatic imine (C=N–C) groups is 1. The largest absolute Gasteiger partial charge is 0.370 e. The molecule has 1 aliphatic rings. The molecule has 0 atom stereocenters. The first kappa shape index (κ1) is 9.19. The number of aryl methyl sites for hydroxylation is 1. The molecule has 1 aromatic rings. The summed E-state index contributed by atoms with van der Waals surface area (Å²) in [5, 5.41) is 3.35. The van der Waals surface area contributed by atoms with E-state index in [1.165, 1.54) is 17.5 Å². The van der Waals surface area contributed by atoms with Gasteiger partial charge in [-0.2, -0.15) is 0 Å². The molecule has 1 N–H and O–H groups in total. The van der Waals surface area contributed by atoms with Crippen LogP contribution >= 0.6 is 0 Å². The second-order valence-electron chi connectivity index (χ2n) is 3.59. The molecule has 0 unspecified atom stereocenters. The quantitative estimate of drug-likeness (QED) is 0.768. The molecule has 14 heavy (non-hydrogen) atoms. The fourth-order valence-corrected chi connectivity index (χ4v) is 1.56. The summed E-state index contributed by atoms with van der Waals surface area (Å²) in [4.78, 5) is 8.48. The predicted molar refractivity (Wildman–Crippen MR) is 57.3 cm³/mol. The molecule has 0 saturated carbocycles. The first-order chi connectivity index (χ1) is 6.86. The van der Waals surface area contributed by atoms with Crippen molar-refractivity contribution >= 4 is 5.84 Å². The zero-order valence-electron chi connectivity index (χ0n) is 8.45. The number of hydrogen-bond acceptors (Lipinski definition) is 3. The standard InChI is InChI=1S/C11H15N3/c1-9-4-6-12-7-10(9)8-14-11-3-2-5-13-11/h4,6-7H,2-3,5,8H2,1H3,(H,13,14). The minimum atomic E-state index is 0.846. The van der Waals surface area contributed by atoms with Crippen molar-refractivity contribution < 1.29 is 0 Å². The first-order valence-corrected chi connectivity index (χ1v) is 5.03. The van der Waals surface area contributed by atoms with Gasteiger partial charge in [-0.25, -0.2) is 0 Å². The van der Waals surface area contributed by atoms with E-state index in [1.807, 2.05) is 18.5 Å². The van der Waals surface area contributed by atoms with Crippen LogP contribution in [0.25, 0.3) is 0 Å². The highest BCUT2D eigenvalue weighted by Gasteiger charge is 2.05. The summed E-state index contributed by atoms with van der Waals surface area (Å²) in [6.07, 6.45) is 6.03. The molecule has 2 heterocycles. The molecular weight excluding hydrogens is 174 g/mol. The van der Waals surface area contributed by atoms with Crippen LogP contribution in [0.1, 0.15) is 24.0 Å². The van der Waals surface area contributed by atoms with Crippen molar-refractivity contribution in [2.45, 2.75) is 26.3 Å². The molecule has 1 aliphatic heterocycles. The SMILES string of the molecule is Cc1ccncc1CNC1=NCCC1. The van der Waals surface area contributed by atoms with Crippen LogP contribution in [-0.2, 0) is 6.54 Å². The monoisotopic (exact) mass is 189 g/mol. The summed E-state index contributed by atoms with van der Waals surface area (Å²) in [7, 11) is 0. The summed E-state index contributed by atoms with van der Waals surface area (Å²) in [5.41, 5.74) is 2.54. The number of aromatic nitrogens is 1. The van der Waals surface area contributed by atoms with E-state index >= 15 is 0 Å². The minimum Gasteiger partial charge on any atom is -0.370 e. The average molecular weight is 189 g/mol. The van der Waals surface area contributed by atoms with Crippen LogP contribution in [0, 0.1) is 6.92 Å². The summed E-state index contributed by atoms with van der Waals surface area (Å²) < 4.78 is 0. The number of nitrogens with one attached hydrogen (secondary N) is 1. The molecule has 0 saturated heterocycles. The normalized spacial score (nSPS) is 15.4. The van der Waals surface area contributed by atoms with E-state index < -0.39 is 0 Å². The number of rotatable bonds is 2. The maximum absolute atomic E-state index is 4.37. The number of hydrogen-bond donors (Lipinski definition) is 1. The van der Waals surface area contributed by atoms with Gasteiger partial charge in [0.2, 0.25) is 0 Å². The lowest BCUT2D eigenvalue weighted by atomic mass is 10.1. The second kappa shape index (κ2) is 4.22. The third-order valence-corrected chi connectivity index (χ3v) is 2.50. The van der Waals surface area contributed by atoms with Crippen LogP contribution in [0.3, 0.4) is 0 Å². The van der Waals surface area contributed by atoms with E-state index in [4.69, 9.17) is 0 Å². The lowest BCUT2D eigenvalue weighted by Crippen LogP contribution is -2.21. The summed E-state index contributed by atoms with van der Waals surface area (Å²) in [6, 6.07) is 2.04. The molecule has 3 heteroatoms. The molecule has 0 bridgehead atoms. The lowest BCUT2D eigenvalue weighted by molar-refractivity contribution is 0.875. The van der Waals surface area contributed by atoms with Crippen LogP contribution in [0.5, 0.6) is 0 Å². The number of amidine groups is 1. The minimum absolute atomic E-state index is 0.846. The Bertz CT molecular complexity index is 344. The molecule has 0 spiro atoms. The van der Waals surface area contributed by atoms with Gasteiger partial charge >= 0.3 is 0 Å². The zero-order chi connectivity index (χ0) is 9.80. The van der Waals surface area contributed by atoms with Gasteiger partial charge in [0.25, 0.3) is 0 Å². The maximum Gasteiger partial charge on any atom is 0.0966 e. The Morgan fingerprint density at radius 2 is 2.43 bits per heavy atom. The zero-order valence-corrected chi connectivity index (χ0v) is 8.45. The average Bonchev–Trinajstić information content (AvgIpc) is 2.69. The number of nitrogens with zero attached hydrogens (tertiary/aromatic N) is 2. The third-order valence-electron chi connectivity index (χ3n) is 2.50. The van der Waals surface area contributed by atoms with Crippen LogP contribution < -0.4 is 5.32 Å². The molecular formula is C11H15N3. The Balaban J connectivity index is 1.94. The molecule has 0 aliphatic carbocycles. The van der Waals surface area contributed by atoms with Crippen molar-refractivity contribution in [2.75, 3.05) is 6.54 Å². The van der Waals surface area contributed by atoms with E-state index in [-0.39, 0.29) is 0 Å². The first-order valence-electron chi connectivity index (χ1n) is 5.03. The maximum atomic E-state index is 4.37. The van der Waals surface area contributed by atoms with Gasteiger partial charge in [0.05, 0.1) is 5.84 Å². The van der Waals surface area contributed by atoms with Crippen molar-refractivity contribution in [3.05, 3.63) is 29.6 Å². The highest BCUT2D eigenvalue weighted by molar-refractivity contribution is 5.83. The smallest absolute Gasteiger partial charge is 0.0966 e. The summed E-state index contributed by atoms with van der Waals surface area (Å²) in [6.45, 7) is 3.93. The molecule has 3 nitrogen and oxygen atoms in total. The van der Waals surface area contributed by atoms with Gasteiger partial charge < -0.3 is 5.32 Å². The van der Waals surface area contributed by atoms with Crippen molar-refractivity contribution in [3.63, 3.8) is 0 Å². The lowest BCUT2D eigenvalue weighted by Gasteiger charge is -2.07. The Morgan fingerprint density at radius 3 is 3.14 bits per heavy atom. The van der Waals surface area contributed by atoms with Gasteiger partial charge in [-0.3, -0.25) is 9.98 Å². The van der Waals surface area contributed by atoms with Gasteiger partial charge in [0, 0.05) is 31.9 Å². The Labute approximate surface area is 84.3 Å². The van der Waals surface area contributed by atoms with Gasteiger partial charge in [-0.15, -0.1) is 0 Å². The second-order valence-corrected chi connectivity index (χ2v) is 3.59. The fourth-order valence-electron chi connectivity index (χ4n) is 1.56. The molecule has 74 valence electrons. The van der Waals surface area contributed by atoms with Crippen LogP contribution in [0.4, 0.5) is 0 Å². The molecule has 0 radical (unpaired) electrons. The van der Waals surface area contributed by atoms with E-state index in [2.05, 4.69) is 22.2 Å². The van der Waals surface area contributed by atoms with Gasteiger partial charge in [-0.1, -0.05) is 0 Å². The van der Waals surface area contributed by atoms with Crippen LogP contribution in [0.15, 0.2) is 23.5 Å². The molecule has 0 fully saturated rings. The van der Waals surface area contributed by atoms with Crippen molar-refractivity contribution in [2.24, 2.45) is 4.99 Å². The Kier molecular flexibility index (Phi) is 2.77. The van der Waals surface area contributed by atoms with Gasteiger partial charge in [0.15, 0.2) is 0 Å². The number of pyridine rings is 1. The fraction of sp³-hybridized carbons (Fsp3) is 0.455. The summed E-state index contributed by atoms with van der Waals surface area (Å²) in [5.74, 6) is 1.15. The van der Waals surface area contributed by atoms with E-state index in [9.17, 15) is 0 Å². The molecule has 0 amide bonds. The molecule has 1 aromatic heterocycles. The van der Waals surface area contributed by atoms with Gasteiger partial charge in [-0.05, 0) is 30.5 Å². The van der Waals surface area contributed by atoms with Crippen LogP contribution in [-0.4, -0.2) is 17.4 Å².